The highest BCUT2D eigenvalue weighted by atomic mass is 19.1. The van der Waals surface area contributed by atoms with E-state index >= 15 is 0 Å². The molecule has 2 unspecified atom stereocenters. The highest BCUT2D eigenvalue weighted by molar-refractivity contribution is 5.21. The Balaban J connectivity index is 2.19. The van der Waals surface area contributed by atoms with Crippen LogP contribution in [0.5, 0.6) is 0 Å². The number of nitrogens with one attached hydrogen (secondary N) is 1. The standard InChI is InChI=1S/C12H15F2NO/c1-15-9-4-5-16-12(7-9)10-6-8(13)2-3-11(10)14/h2-3,6,9,12,15H,4-5,7H2,1H3. The quantitative estimate of drug-likeness (QED) is 0.837. The second-order valence-corrected chi connectivity index (χ2v) is 4.04. The molecule has 2 nitrogen and oxygen atoms in total. The Hall–Kier alpha value is -1.00. The third-order valence-electron chi connectivity index (χ3n) is 3.00. The smallest absolute Gasteiger partial charge is 0.129 e. The molecule has 1 saturated heterocycles. The van der Waals surface area contributed by atoms with Gasteiger partial charge in [0.2, 0.25) is 0 Å². The minimum absolute atomic E-state index is 0.307. The van der Waals surface area contributed by atoms with E-state index in [0.717, 1.165) is 18.6 Å². The van der Waals surface area contributed by atoms with E-state index in [-0.39, 0.29) is 6.10 Å². The fourth-order valence-electron chi connectivity index (χ4n) is 2.04. The minimum Gasteiger partial charge on any atom is -0.373 e. The number of hydrogen-bond acceptors (Lipinski definition) is 2. The van der Waals surface area contributed by atoms with Crippen molar-refractivity contribution in [2.45, 2.75) is 25.0 Å². The predicted molar refractivity (Wildman–Crippen MR) is 57.1 cm³/mol. The van der Waals surface area contributed by atoms with Gasteiger partial charge >= 0.3 is 0 Å². The Kier molecular flexibility index (Phi) is 3.51. The maximum atomic E-state index is 13.5. The highest BCUT2D eigenvalue weighted by Gasteiger charge is 2.25. The van der Waals surface area contributed by atoms with Crippen LogP contribution in [-0.2, 0) is 4.74 Å². The Labute approximate surface area is 93.6 Å². The van der Waals surface area contributed by atoms with Crippen molar-refractivity contribution in [2.24, 2.45) is 0 Å². The van der Waals surface area contributed by atoms with E-state index in [1.54, 1.807) is 0 Å². The molecule has 4 heteroatoms. The van der Waals surface area contributed by atoms with Gasteiger partial charge in [0.15, 0.2) is 0 Å². The average Bonchev–Trinajstić information content (AvgIpc) is 2.32. The third-order valence-corrected chi connectivity index (χ3v) is 3.00. The van der Waals surface area contributed by atoms with Gasteiger partial charge in [-0.25, -0.2) is 8.78 Å². The number of ether oxygens (including phenoxy) is 1. The summed E-state index contributed by atoms with van der Waals surface area (Å²) in [6.45, 7) is 0.576. The molecule has 0 saturated carbocycles. The lowest BCUT2D eigenvalue weighted by atomic mass is 9.97. The van der Waals surface area contributed by atoms with Crippen molar-refractivity contribution in [3.05, 3.63) is 35.4 Å². The molecule has 1 aliphatic heterocycles. The van der Waals surface area contributed by atoms with Crippen molar-refractivity contribution in [1.29, 1.82) is 0 Å². The van der Waals surface area contributed by atoms with Crippen LogP contribution >= 0.6 is 0 Å². The topological polar surface area (TPSA) is 21.3 Å². The van der Waals surface area contributed by atoms with Crippen LogP contribution in [0.15, 0.2) is 18.2 Å². The van der Waals surface area contributed by atoms with Crippen molar-refractivity contribution in [3.8, 4) is 0 Å². The summed E-state index contributed by atoms with van der Waals surface area (Å²) >= 11 is 0. The predicted octanol–water partition coefficient (Wildman–Crippen LogP) is 2.40. The van der Waals surface area contributed by atoms with Crippen LogP contribution in [0.25, 0.3) is 0 Å². The minimum atomic E-state index is -0.424. The molecule has 1 N–H and O–H groups in total. The van der Waals surface area contributed by atoms with Crippen molar-refractivity contribution >= 4 is 0 Å². The Morgan fingerprint density at radius 2 is 2.19 bits per heavy atom. The monoisotopic (exact) mass is 227 g/mol. The molecule has 0 aromatic heterocycles. The third kappa shape index (κ3) is 2.39. The molecule has 1 aliphatic rings. The van der Waals surface area contributed by atoms with Crippen LogP contribution in [-0.4, -0.2) is 19.7 Å². The molecular weight excluding hydrogens is 212 g/mol. The van der Waals surface area contributed by atoms with Crippen LogP contribution < -0.4 is 5.32 Å². The Morgan fingerprint density at radius 3 is 2.94 bits per heavy atom. The lowest BCUT2D eigenvalue weighted by Gasteiger charge is -2.29. The van der Waals surface area contributed by atoms with Crippen LogP contribution in [0.3, 0.4) is 0 Å². The maximum absolute atomic E-state index is 13.5. The van der Waals surface area contributed by atoms with Crippen molar-refractivity contribution in [2.75, 3.05) is 13.7 Å². The van der Waals surface area contributed by atoms with Gasteiger partial charge in [-0.2, -0.15) is 0 Å². The zero-order valence-corrected chi connectivity index (χ0v) is 9.17. The SMILES string of the molecule is CNC1CCOC(c2cc(F)ccc2F)C1. The van der Waals surface area contributed by atoms with Gasteiger partial charge < -0.3 is 10.1 Å². The van der Waals surface area contributed by atoms with Crippen molar-refractivity contribution < 1.29 is 13.5 Å². The summed E-state index contributed by atoms with van der Waals surface area (Å²) in [5.74, 6) is -0.824. The van der Waals surface area contributed by atoms with Gasteiger partial charge in [0.1, 0.15) is 11.6 Å². The zero-order valence-electron chi connectivity index (χ0n) is 9.17. The van der Waals surface area contributed by atoms with Crippen LogP contribution in [0.2, 0.25) is 0 Å². The summed E-state index contributed by atoms with van der Waals surface area (Å²) in [6, 6.07) is 3.80. The maximum Gasteiger partial charge on any atom is 0.129 e. The van der Waals surface area contributed by atoms with Gasteiger partial charge in [0, 0.05) is 18.2 Å². The van der Waals surface area contributed by atoms with E-state index < -0.39 is 11.6 Å². The first kappa shape index (κ1) is 11.5. The molecule has 88 valence electrons. The summed E-state index contributed by atoms with van der Waals surface area (Å²) in [5.41, 5.74) is 0.319. The molecule has 16 heavy (non-hydrogen) atoms. The molecule has 0 aliphatic carbocycles. The van der Waals surface area contributed by atoms with E-state index in [1.165, 1.54) is 6.07 Å². The molecule has 2 atom stereocenters. The van der Waals surface area contributed by atoms with E-state index in [9.17, 15) is 8.78 Å². The second kappa shape index (κ2) is 4.89. The zero-order chi connectivity index (χ0) is 11.5. The number of rotatable bonds is 2. The largest absolute Gasteiger partial charge is 0.373 e. The molecular formula is C12H15F2NO. The first-order valence-corrected chi connectivity index (χ1v) is 5.44. The van der Waals surface area contributed by atoms with Crippen LogP contribution in [0.1, 0.15) is 24.5 Å². The molecule has 1 fully saturated rings. The number of halogens is 2. The molecule has 1 aromatic carbocycles. The summed E-state index contributed by atoms with van der Waals surface area (Å²) in [4.78, 5) is 0. The Morgan fingerprint density at radius 1 is 1.38 bits per heavy atom. The normalized spacial score (nSPS) is 25.7. The first-order valence-electron chi connectivity index (χ1n) is 5.44. The average molecular weight is 227 g/mol. The van der Waals surface area contributed by atoms with Gasteiger partial charge in [0.25, 0.3) is 0 Å². The fourth-order valence-corrected chi connectivity index (χ4v) is 2.04. The van der Waals surface area contributed by atoms with Crippen LogP contribution in [0.4, 0.5) is 8.78 Å². The summed E-state index contributed by atoms with van der Waals surface area (Å²) < 4.78 is 32.0. The van der Waals surface area contributed by atoms with Crippen molar-refractivity contribution in [3.63, 3.8) is 0 Å². The van der Waals surface area contributed by atoms with Crippen molar-refractivity contribution in [1.82, 2.24) is 5.32 Å². The summed E-state index contributed by atoms with van der Waals surface area (Å²) in [7, 11) is 1.87. The van der Waals surface area contributed by atoms with E-state index in [0.29, 0.717) is 24.6 Å². The number of benzene rings is 1. The van der Waals surface area contributed by atoms with Gasteiger partial charge in [0.05, 0.1) is 6.10 Å². The molecule has 1 aromatic rings. The molecule has 1 heterocycles. The molecule has 0 spiro atoms. The second-order valence-electron chi connectivity index (χ2n) is 4.04. The van der Waals surface area contributed by atoms with Gasteiger partial charge in [-0.1, -0.05) is 0 Å². The fraction of sp³-hybridized carbons (Fsp3) is 0.500. The Bertz CT molecular complexity index is 370. The van der Waals surface area contributed by atoms with E-state index in [4.69, 9.17) is 4.74 Å². The summed E-state index contributed by atoms with van der Waals surface area (Å²) in [6.07, 6.45) is 1.24. The van der Waals surface area contributed by atoms with E-state index in [1.807, 2.05) is 7.05 Å². The molecule has 2 rings (SSSR count). The summed E-state index contributed by atoms with van der Waals surface area (Å²) in [5, 5.41) is 3.14. The molecule has 0 amide bonds. The molecule has 0 bridgehead atoms. The highest BCUT2D eigenvalue weighted by Crippen LogP contribution is 2.30. The lowest BCUT2D eigenvalue weighted by molar-refractivity contribution is -0.000575. The van der Waals surface area contributed by atoms with E-state index in [2.05, 4.69) is 5.32 Å². The number of hydrogen-bond donors (Lipinski definition) is 1. The first-order chi connectivity index (χ1) is 7.70. The van der Waals surface area contributed by atoms with Gasteiger partial charge in [-0.15, -0.1) is 0 Å². The van der Waals surface area contributed by atoms with Crippen LogP contribution in [0, 0.1) is 11.6 Å². The van der Waals surface area contributed by atoms with Gasteiger partial charge in [-0.05, 0) is 38.1 Å². The van der Waals surface area contributed by atoms with Gasteiger partial charge in [-0.3, -0.25) is 0 Å². The lowest BCUT2D eigenvalue weighted by Crippen LogP contribution is -2.33. The molecule has 0 radical (unpaired) electrons.